The molecule has 3 rings (SSSR count). The highest BCUT2D eigenvalue weighted by molar-refractivity contribution is 6.30. The van der Waals surface area contributed by atoms with Crippen molar-refractivity contribution in [2.24, 2.45) is 0 Å². The quantitative estimate of drug-likeness (QED) is 0.835. The lowest BCUT2D eigenvalue weighted by Crippen LogP contribution is -2.48. The van der Waals surface area contributed by atoms with E-state index in [1.807, 2.05) is 4.57 Å². The van der Waals surface area contributed by atoms with Crippen molar-refractivity contribution in [1.82, 2.24) is 19.7 Å². The van der Waals surface area contributed by atoms with Crippen LogP contribution in [0.2, 0.25) is 5.02 Å². The lowest BCUT2D eigenvalue weighted by molar-refractivity contribution is -0.145. The molecule has 2 N–H and O–H groups in total. The summed E-state index contributed by atoms with van der Waals surface area (Å²) in [6.07, 6.45) is 0.180. The fourth-order valence-electron chi connectivity index (χ4n) is 2.83. The molecule has 2 heterocycles. The van der Waals surface area contributed by atoms with Gasteiger partial charge in [-0.2, -0.15) is 0 Å². The number of anilines is 1. The second kappa shape index (κ2) is 7.20. The van der Waals surface area contributed by atoms with Crippen LogP contribution in [0.3, 0.4) is 0 Å². The SMILES string of the molecule is Cc1nnc2n1CC(C(=O)O)N(CCC(=O)Nc1ccc(Cl)cc1)C2. The highest BCUT2D eigenvalue weighted by Gasteiger charge is 2.33. The number of benzene rings is 1. The number of nitrogens with zero attached hydrogens (tertiary/aromatic N) is 4. The number of hydrogen-bond acceptors (Lipinski definition) is 5. The number of aryl methyl sites for hydroxylation is 1. The zero-order valence-corrected chi connectivity index (χ0v) is 14.4. The molecule has 25 heavy (non-hydrogen) atoms. The molecule has 0 radical (unpaired) electrons. The Morgan fingerprint density at radius 2 is 2.04 bits per heavy atom. The summed E-state index contributed by atoms with van der Waals surface area (Å²) in [4.78, 5) is 25.4. The molecular formula is C16H18ClN5O3. The van der Waals surface area contributed by atoms with Crippen LogP contribution in [-0.2, 0) is 22.7 Å². The molecular weight excluding hydrogens is 346 g/mol. The molecule has 0 spiro atoms. The number of carboxylic acids is 1. The average Bonchev–Trinajstić information content (AvgIpc) is 2.94. The number of amides is 1. The van der Waals surface area contributed by atoms with Gasteiger partial charge in [-0.05, 0) is 31.2 Å². The third kappa shape index (κ3) is 3.97. The maximum Gasteiger partial charge on any atom is 0.322 e. The first-order chi connectivity index (χ1) is 11.9. The van der Waals surface area contributed by atoms with E-state index >= 15 is 0 Å². The molecule has 2 aromatic rings. The molecule has 132 valence electrons. The van der Waals surface area contributed by atoms with E-state index in [0.29, 0.717) is 35.4 Å². The Balaban J connectivity index is 1.62. The van der Waals surface area contributed by atoms with Crippen molar-refractivity contribution in [2.45, 2.75) is 32.5 Å². The minimum atomic E-state index is -0.920. The second-order valence-electron chi connectivity index (χ2n) is 5.90. The van der Waals surface area contributed by atoms with Gasteiger partial charge in [0.15, 0.2) is 0 Å². The highest BCUT2D eigenvalue weighted by Crippen LogP contribution is 2.19. The number of carbonyl (C=O) groups is 2. The van der Waals surface area contributed by atoms with Crippen molar-refractivity contribution in [3.63, 3.8) is 0 Å². The summed E-state index contributed by atoms with van der Waals surface area (Å²) in [5.74, 6) is 0.307. The molecule has 1 aromatic heterocycles. The summed E-state index contributed by atoms with van der Waals surface area (Å²) >= 11 is 5.81. The number of carboxylic acid groups (broad SMARTS) is 1. The number of halogens is 1. The fourth-order valence-corrected chi connectivity index (χ4v) is 2.96. The smallest absolute Gasteiger partial charge is 0.322 e. The second-order valence-corrected chi connectivity index (χ2v) is 6.34. The first kappa shape index (κ1) is 17.4. The summed E-state index contributed by atoms with van der Waals surface area (Å²) < 4.78 is 1.81. The molecule has 0 saturated carbocycles. The van der Waals surface area contributed by atoms with Gasteiger partial charge >= 0.3 is 5.97 Å². The van der Waals surface area contributed by atoms with Gasteiger partial charge in [0, 0.05) is 23.7 Å². The van der Waals surface area contributed by atoms with Gasteiger partial charge in [-0.3, -0.25) is 14.5 Å². The van der Waals surface area contributed by atoms with Crippen molar-refractivity contribution in [1.29, 1.82) is 0 Å². The Bertz CT molecular complexity index is 790. The number of aromatic nitrogens is 3. The van der Waals surface area contributed by atoms with E-state index < -0.39 is 12.0 Å². The Morgan fingerprint density at radius 1 is 1.32 bits per heavy atom. The van der Waals surface area contributed by atoms with E-state index in [2.05, 4.69) is 15.5 Å². The Morgan fingerprint density at radius 3 is 2.72 bits per heavy atom. The highest BCUT2D eigenvalue weighted by atomic mass is 35.5. The van der Waals surface area contributed by atoms with Gasteiger partial charge in [0.05, 0.1) is 13.1 Å². The summed E-state index contributed by atoms with van der Waals surface area (Å²) in [7, 11) is 0. The van der Waals surface area contributed by atoms with E-state index in [1.165, 1.54) is 0 Å². The van der Waals surface area contributed by atoms with Gasteiger partial charge in [-0.15, -0.1) is 10.2 Å². The number of hydrogen-bond donors (Lipinski definition) is 2. The van der Waals surface area contributed by atoms with Crippen LogP contribution in [0.5, 0.6) is 0 Å². The maximum absolute atomic E-state index is 12.1. The molecule has 1 aliphatic rings. The number of nitrogens with one attached hydrogen (secondary N) is 1. The van der Waals surface area contributed by atoms with Crippen LogP contribution in [0.4, 0.5) is 5.69 Å². The molecule has 1 unspecified atom stereocenters. The fraction of sp³-hybridized carbons (Fsp3) is 0.375. The third-order valence-electron chi connectivity index (χ3n) is 4.19. The van der Waals surface area contributed by atoms with E-state index in [1.54, 1.807) is 36.1 Å². The molecule has 0 fully saturated rings. The minimum Gasteiger partial charge on any atom is -0.480 e. The van der Waals surface area contributed by atoms with E-state index in [9.17, 15) is 14.7 Å². The van der Waals surface area contributed by atoms with Crippen molar-refractivity contribution in [3.05, 3.63) is 40.9 Å². The molecule has 0 bridgehead atoms. The lowest BCUT2D eigenvalue weighted by atomic mass is 10.1. The normalized spacial score (nSPS) is 17.1. The number of carbonyl (C=O) groups excluding carboxylic acids is 1. The molecule has 8 nitrogen and oxygen atoms in total. The zero-order valence-electron chi connectivity index (χ0n) is 13.6. The van der Waals surface area contributed by atoms with Crippen molar-refractivity contribution < 1.29 is 14.7 Å². The van der Waals surface area contributed by atoms with Crippen molar-refractivity contribution >= 4 is 29.2 Å². The Hall–Kier alpha value is -2.45. The van der Waals surface area contributed by atoms with E-state index in [0.717, 1.165) is 0 Å². The summed E-state index contributed by atoms with van der Waals surface area (Å²) in [5.41, 5.74) is 0.651. The molecule has 1 aromatic carbocycles. The average molecular weight is 364 g/mol. The molecule has 1 atom stereocenters. The molecule has 9 heteroatoms. The predicted molar refractivity (Wildman–Crippen MR) is 91.3 cm³/mol. The largest absolute Gasteiger partial charge is 0.480 e. The maximum atomic E-state index is 12.1. The van der Waals surface area contributed by atoms with Crippen molar-refractivity contribution in [3.8, 4) is 0 Å². The van der Waals surface area contributed by atoms with Gasteiger partial charge in [0.25, 0.3) is 0 Å². The number of fused-ring (bicyclic) bond motifs is 1. The Labute approximate surface area is 149 Å². The third-order valence-corrected chi connectivity index (χ3v) is 4.44. The molecule has 1 aliphatic heterocycles. The number of aliphatic carboxylic acids is 1. The van der Waals surface area contributed by atoms with E-state index in [-0.39, 0.29) is 18.9 Å². The van der Waals surface area contributed by atoms with Gasteiger partial charge in [-0.25, -0.2) is 0 Å². The molecule has 1 amide bonds. The van der Waals surface area contributed by atoms with E-state index in [4.69, 9.17) is 11.6 Å². The summed E-state index contributed by atoms with van der Waals surface area (Å²) in [5, 5.41) is 20.9. The predicted octanol–water partition coefficient (Wildman–Crippen LogP) is 1.54. The molecule has 0 aliphatic carbocycles. The topological polar surface area (TPSA) is 100 Å². The summed E-state index contributed by atoms with van der Waals surface area (Å²) in [6, 6.07) is 6.11. The standard InChI is InChI=1S/C16H18ClN5O3/c1-10-19-20-14-9-21(13(16(24)25)8-22(10)14)7-6-15(23)18-12-4-2-11(17)3-5-12/h2-5,13H,6-9H2,1H3,(H,18,23)(H,24,25). The summed E-state index contributed by atoms with van der Waals surface area (Å²) in [6.45, 7) is 2.75. The van der Waals surface area contributed by atoms with Gasteiger partial charge < -0.3 is 15.0 Å². The minimum absolute atomic E-state index is 0.180. The lowest BCUT2D eigenvalue weighted by Gasteiger charge is -2.33. The number of rotatable bonds is 5. The van der Waals surface area contributed by atoms with Gasteiger partial charge in [0.2, 0.25) is 5.91 Å². The van der Waals surface area contributed by atoms with Crippen LogP contribution in [0.15, 0.2) is 24.3 Å². The van der Waals surface area contributed by atoms with Crippen LogP contribution in [0.25, 0.3) is 0 Å². The van der Waals surface area contributed by atoms with Crippen LogP contribution >= 0.6 is 11.6 Å². The Kier molecular flexibility index (Phi) is 5.00. The first-order valence-electron chi connectivity index (χ1n) is 7.85. The monoisotopic (exact) mass is 363 g/mol. The van der Waals surface area contributed by atoms with Crippen molar-refractivity contribution in [2.75, 3.05) is 11.9 Å². The van der Waals surface area contributed by atoms with Crippen LogP contribution < -0.4 is 5.32 Å². The van der Waals surface area contributed by atoms with Crippen LogP contribution in [-0.4, -0.2) is 49.2 Å². The van der Waals surface area contributed by atoms with Crippen LogP contribution in [0.1, 0.15) is 18.1 Å². The zero-order chi connectivity index (χ0) is 18.0. The first-order valence-corrected chi connectivity index (χ1v) is 8.23. The van der Waals surface area contributed by atoms with Crippen LogP contribution in [0, 0.1) is 6.92 Å². The molecule has 0 saturated heterocycles. The van der Waals surface area contributed by atoms with Gasteiger partial charge in [0.1, 0.15) is 17.7 Å². The van der Waals surface area contributed by atoms with Gasteiger partial charge in [-0.1, -0.05) is 11.6 Å².